The number of rotatable bonds is 4. The molecule has 0 atom stereocenters. The summed E-state index contributed by atoms with van der Waals surface area (Å²) in [6.45, 7) is 5.01. The molecule has 1 N–H and O–H groups in total. The summed E-state index contributed by atoms with van der Waals surface area (Å²) in [6, 6.07) is 4.05. The first-order chi connectivity index (χ1) is 8.74. The van der Waals surface area contributed by atoms with Gasteiger partial charge in [0, 0.05) is 18.0 Å². The number of amides is 1. The highest BCUT2D eigenvalue weighted by atomic mass is 32.1. The Balaban J connectivity index is 1.91. The predicted octanol–water partition coefficient (Wildman–Crippen LogP) is 2.38. The monoisotopic (exact) mass is 266 g/mol. The summed E-state index contributed by atoms with van der Waals surface area (Å²) in [5.74, 6) is 0.955. The summed E-state index contributed by atoms with van der Waals surface area (Å²) in [5.41, 5.74) is 0. The molecule has 0 aromatic carbocycles. The zero-order valence-corrected chi connectivity index (χ0v) is 12.1. The van der Waals surface area contributed by atoms with E-state index in [0.29, 0.717) is 0 Å². The predicted molar refractivity (Wildman–Crippen MR) is 76.3 cm³/mol. The van der Waals surface area contributed by atoms with E-state index in [2.05, 4.69) is 18.3 Å². The van der Waals surface area contributed by atoms with Gasteiger partial charge in [0.15, 0.2) is 0 Å². The molecule has 0 saturated carbocycles. The quantitative estimate of drug-likeness (QED) is 0.907. The molecule has 1 aliphatic rings. The number of carbonyl (C=O) groups excluding carboxylic acids is 1. The van der Waals surface area contributed by atoms with Gasteiger partial charge in [0.1, 0.15) is 0 Å². The molecule has 1 saturated heterocycles. The van der Waals surface area contributed by atoms with Crippen LogP contribution in [0, 0.1) is 5.92 Å². The van der Waals surface area contributed by atoms with Crippen LogP contribution in [0.1, 0.15) is 34.3 Å². The Morgan fingerprint density at radius 1 is 1.44 bits per heavy atom. The molecule has 1 amide bonds. The number of thiophene rings is 1. The van der Waals surface area contributed by atoms with Gasteiger partial charge in [-0.25, -0.2) is 0 Å². The first-order valence-corrected chi connectivity index (χ1v) is 7.58. The van der Waals surface area contributed by atoms with Crippen molar-refractivity contribution in [3.05, 3.63) is 21.9 Å². The summed E-state index contributed by atoms with van der Waals surface area (Å²) in [5, 5.41) is 3.22. The Morgan fingerprint density at radius 3 is 2.72 bits per heavy atom. The molecule has 0 spiro atoms. The van der Waals surface area contributed by atoms with Crippen LogP contribution in [-0.4, -0.2) is 37.5 Å². The lowest BCUT2D eigenvalue weighted by Crippen LogP contribution is -2.40. The molecule has 0 aliphatic carbocycles. The highest BCUT2D eigenvalue weighted by Gasteiger charge is 2.23. The number of aryl methyl sites for hydroxylation is 1. The molecule has 18 heavy (non-hydrogen) atoms. The van der Waals surface area contributed by atoms with Crippen molar-refractivity contribution in [3.63, 3.8) is 0 Å². The number of carbonyl (C=O) groups is 1. The molecule has 2 rings (SSSR count). The Labute approximate surface area is 113 Å². The molecule has 4 heteroatoms. The van der Waals surface area contributed by atoms with E-state index in [0.717, 1.165) is 49.7 Å². The standard InChI is InChI=1S/C14H22N2OS/c1-3-12-4-5-13(18-12)14(17)16-8-6-11(7-9-16)10-15-2/h4-5,11,15H,3,6-10H2,1-2H3. The van der Waals surface area contributed by atoms with E-state index in [9.17, 15) is 4.79 Å². The van der Waals surface area contributed by atoms with Gasteiger partial charge in [0.25, 0.3) is 5.91 Å². The lowest BCUT2D eigenvalue weighted by Gasteiger charge is -2.31. The summed E-state index contributed by atoms with van der Waals surface area (Å²) in [6.07, 6.45) is 3.26. The number of nitrogens with one attached hydrogen (secondary N) is 1. The minimum Gasteiger partial charge on any atom is -0.338 e. The lowest BCUT2D eigenvalue weighted by molar-refractivity contribution is 0.0696. The minimum atomic E-state index is 0.225. The van der Waals surface area contributed by atoms with E-state index < -0.39 is 0 Å². The summed E-state index contributed by atoms with van der Waals surface area (Å²) in [7, 11) is 2.00. The second kappa shape index (κ2) is 6.34. The van der Waals surface area contributed by atoms with Crippen molar-refractivity contribution in [1.82, 2.24) is 10.2 Å². The SMILES string of the molecule is CCc1ccc(C(=O)N2CCC(CNC)CC2)s1. The molecule has 100 valence electrons. The van der Waals surface area contributed by atoms with Crippen LogP contribution in [-0.2, 0) is 6.42 Å². The van der Waals surface area contributed by atoms with Crippen molar-refractivity contribution in [3.8, 4) is 0 Å². The highest BCUT2D eigenvalue weighted by Crippen LogP contribution is 2.22. The molecule has 0 unspecified atom stereocenters. The van der Waals surface area contributed by atoms with E-state index in [1.165, 1.54) is 4.88 Å². The zero-order chi connectivity index (χ0) is 13.0. The van der Waals surface area contributed by atoms with Crippen LogP contribution in [0.4, 0.5) is 0 Å². The Kier molecular flexibility index (Phi) is 4.78. The number of hydrogen-bond donors (Lipinski definition) is 1. The highest BCUT2D eigenvalue weighted by molar-refractivity contribution is 7.14. The van der Waals surface area contributed by atoms with Crippen LogP contribution in [0.25, 0.3) is 0 Å². The van der Waals surface area contributed by atoms with Crippen molar-refractivity contribution < 1.29 is 4.79 Å². The molecule has 3 nitrogen and oxygen atoms in total. The van der Waals surface area contributed by atoms with Crippen molar-refractivity contribution in [1.29, 1.82) is 0 Å². The smallest absolute Gasteiger partial charge is 0.263 e. The van der Waals surface area contributed by atoms with E-state index in [-0.39, 0.29) is 5.91 Å². The van der Waals surface area contributed by atoms with Gasteiger partial charge >= 0.3 is 0 Å². The van der Waals surface area contributed by atoms with Gasteiger partial charge in [-0.2, -0.15) is 0 Å². The van der Waals surface area contributed by atoms with E-state index in [4.69, 9.17) is 0 Å². The van der Waals surface area contributed by atoms with Crippen LogP contribution >= 0.6 is 11.3 Å². The molecule has 2 heterocycles. The fourth-order valence-electron chi connectivity index (χ4n) is 2.47. The first kappa shape index (κ1) is 13.6. The van der Waals surface area contributed by atoms with Gasteiger partial charge in [0.2, 0.25) is 0 Å². The van der Waals surface area contributed by atoms with E-state index >= 15 is 0 Å². The fraction of sp³-hybridized carbons (Fsp3) is 0.643. The Morgan fingerprint density at radius 2 is 2.17 bits per heavy atom. The fourth-order valence-corrected chi connectivity index (χ4v) is 3.38. The molecule has 1 fully saturated rings. The van der Waals surface area contributed by atoms with Crippen LogP contribution < -0.4 is 5.32 Å². The van der Waals surface area contributed by atoms with Gasteiger partial charge in [-0.05, 0) is 50.9 Å². The molecule has 0 radical (unpaired) electrons. The maximum Gasteiger partial charge on any atom is 0.263 e. The maximum atomic E-state index is 12.3. The van der Waals surface area contributed by atoms with E-state index in [1.54, 1.807) is 11.3 Å². The number of piperidine rings is 1. The van der Waals surface area contributed by atoms with Crippen LogP contribution in [0.2, 0.25) is 0 Å². The number of likely N-dealkylation sites (tertiary alicyclic amines) is 1. The molecule has 1 aromatic heterocycles. The van der Waals surface area contributed by atoms with Crippen molar-refractivity contribution in [2.24, 2.45) is 5.92 Å². The van der Waals surface area contributed by atoms with Crippen LogP contribution in [0.3, 0.4) is 0 Å². The normalized spacial score (nSPS) is 17.1. The van der Waals surface area contributed by atoms with Crippen LogP contribution in [0.5, 0.6) is 0 Å². The average molecular weight is 266 g/mol. The molecular formula is C14H22N2OS. The minimum absolute atomic E-state index is 0.225. The van der Waals surface area contributed by atoms with Gasteiger partial charge in [-0.1, -0.05) is 6.92 Å². The van der Waals surface area contributed by atoms with Crippen molar-refractivity contribution in [2.75, 3.05) is 26.7 Å². The Bertz CT molecular complexity index is 394. The molecule has 0 bridgehead atoms. The summed E-state index contributed by atoms with van der Waals surface area (Å²) >= 11 is 1.64. The third-order valence-corrected chi connectivity index (χ3v) is 4.83. The molecular weight excluding hydrogens is 244 g/mol. The average Bonchev–Trinajstić information content (AvgIpc) is 2.88. The summed E-state index contributed by atoms with van der Waals surface area (Å²) < 4.78 is 0. The van der Waals surface area contributed by atoms with Gasteiger partial charge in [-0.15, -0.1) is 11.3 Å². The van der Waals surface area contributed by atoms with Crippen molar-refractivity contribution in [2.45, 2.75) is 26.2 Å². The van der Waals surface area contributed by atoms with Crippen LogP contribution in [0.15, 0.2) is 12.1 Å². The largest absolute Gasteiger partial charge is 0.338 e. The van der Waals surface area contributed by atoms with Gasteiger partial charge in [-0.3, -0.25) is 4.79 Å². The third kappa shape index (κ3) is 3.12. The van der Waals surface area contributed by atoms with Gasteiger partial charge in [0.05, 0.1) is 4.88 Å². The molecule has 1 aromatic rings. The maximum absolute atomic E-state index is 12.3. The number of nitrogens with zero attached hydrogens (tertiary/aromatic N) is 1. The lowest BCUT2D eigenvalue weighted by atomic mass is 9.97. The van der Waals surface area contributed by atoms with Gasteiger partial charge < -0.3 is 10.2 Å². The van der Waals surface area contributed by atoms with E-state index in [1.807, 2.05) is 18.0 Å². The Hall–Kier alpha value is -0.870. The second-order valence-corrected chi connectivity index (χ2v) is 6.08. The topological polar surface area (TPSA) is 32.3 Å². The second-order valence-electron chi connectivity index (χ2n) is 4.91. The zero-order valence-electron chi connectivity index (χ0n) is 11.2. The number of hydrogen-bond acceptors (Lipinski definition) is 3. The third-order valence-electron chi connectivity index (χ3n) is 3.62. The van der Waals surface area contributed by atoms with Crippen molar-refractivity contribution >= 4 is 17.2 Å². The molecule has 1 aliphatic heterocycles. The summed E-state index contributed by atoms with van der Waals surface area (Å²) in [4.78, 5) is 16.5. The first-order valence-electron chi connectivity index (χ1n) is 6.77.